The maximum atomic E-state index is 14.2. The fourth-order valence-corrected chi connectivity index (χ4v) is 7.24. The highest BCUT2D eigenvalue weighted by atomic mass is 16.4. The van der Waals surface area contributed by atoms with Gasteiger partial charge in [-0.1, -0.05) is 72.8 Å². The van der Waals surface area contributed by atoms with E-state index in [9.17, 15) is 63.9 Å². The lowest BCUT2D eigenvalue weighted by molar-refractivity contribution is -0.147. The van der Waals surface area contributed by atoms with Crippen molar-refractivity contribution in [2.24, 2.45) is 5.73 Å². The van der Waals surface area contributed by atoms with Crippen LogP contribution in [0.2, 0.25) is 0 Å². The number of benzene rings is 3. The molecule has 0 saturated carbocycles. The van der Waals surface area contributed by atoms with Crippen LogP contribution in [-0.4, -0.2) is 139 Å². The number of hydrogen-bond donors (Lipinski definition) is 11. The number of carboxylic acid groups (broad SMARTS) is 2. The normalized spacial score (nSPS) is 17.1. The molecule has 1 heterocycles. The van der Waals surface area contributed by atoms with Gasteiger partial charge in [-0.25, -0.2) is 4.79 Å². The first-order valence-electron chi connectivity index (χ1n) is 21.1. The van der Waals surface area contributed by atoms with Crippen LogP contribution in [0.1, 0.15) is 56.2 Å². The van der Waals surface area contributed by atoms with E-state index < -0.39 is 115 Å². The minimum atomic E-state index is -1.81. The minimum Gasteiger partial charge on any atom is -0.508 e. The van der Waals surface area contributed by atoms with Crippen molar-refractivity contribution in [2.45, 2.75) is 113 Å². The highest BCUT2D eigenvalue weighted by Gasteiger charge is 2.41. The molecule has 0 spiro atoms. The maximum Gasteiger partial charge on any atom is 0.328 e. The summed E-state index contributed by atoms with van der Waals surface area (Å²) in [6.07, 6.45) is -3.96. The second kappa shape index (κ2) is 24.2. The second-order valence-corrected chi connectivity index (χ2v) is 16.0. The predicted octanol–water partition coefficient (Wildman–Crippen LogP) is -1.13. The zero-order valence-electron chi connectivity index (χ0n) is 36.0. The van der Waals surface area contributed by atoms with Crippen LogP contribution in [0.4, 0.5) is 0 Å². The van der Waals surface area contributed by atoms with E-state index in [1.165, 1.54) is 24.3 Å². The number of nitrogens with two attached hydrogens (primary N) is 1. The summed E-state index contributed by atoms with van der Waals surface area (Å²) in [5, 5.41) is 61.9. The number of aliphatic hydroxyl groups is 2. The van der Waals surface area contributed by atoms with E-state index in [0.29, 0.717) is 11.1 Å². The van der Waals surface area contributed by atoms with Crippen molar-refractivity contribution in [3.8, 4) is 5.75 Å². The largest absolute Gasteiger partial charge is 0.508 e. The van der Waals surface area contributed by atoms with Gasteiger partial charge in [0.05, 0.1) is 18.2 Å². The molecule has 3 aromatic rings. The van der Waals surface area contributed by atoms with Crippen molar-refractivity contribution in [3.05, 3.63) is 102 Å². The molecule has 350 valence electrons. The minimum absolute atomic E-state index is 0.0191. The number of carbonyl (C=O) groups is 8. The molecule has 20 heteroatoms. The number of phenols is 1. The molecule has 0 aromatic heterocycles. The molecule has 3 aromatic carbocycles. The van der Waals surface area contributed by atoms with E-state index in [-0.39, 0.29) is 44.4 Å². The number of amides is 6. The number of aliphatic carboxylic acids is 2. The van der Waals surface area contributed by atoms with Crippen LogP contribution in [0, 0.1) is 0 Å². The van der Waals surface area contributed by atoms with Gasteiger partial charge in [0.1, 0.15) is 36.0 Å². The summed E-state index contributed by atoms with van der Waals surface area (Å²) in [4.78, 5) is 107. The molecule has 1 aliphatic heterocycles. The lowest BCUT2D eigenvalue weighted by Gasteiger charge is -2.31. The molecule has 4 rings (SSSR count). The molecule has 0 radical (unpaired) electrons. The van der Waals surface area contributed by atoms with E-state index in [1.807, 2.05) is 6.07 Å². The number of phenolic OH excluding ortho intramolecular Hbond substituents is 1. The highest BCUT2D eigenvalue weighted by Crippen LogP contribution is 2.21. The molecule has 12 N–H and O–H groups in total. The van der Waals surface area contributed by atoms with E-state index in [1.54, 1.807) is 54.6 Å². The molecule has 6 amide bonds. The molecule has 0 aliphatic carbocycles. The molecule has 9 atom stereocenters. The molecule has 65 heavy (non-hydrogen) atoms. The van der Waals surface area contributed by atoms with Crippen molar-refractivity contribution in [3.63, 3.8) is 0 Å². The van der Waals surface area contributed by atoms with Gasteiger partial charge in [-0.2, -0.15) is 0 Å². The Hall–Kier alpha value is -6.90. The van der Waals surface area contributed by atoms with Crippen LogP contribution in [0.5, 0.6) is 5.75 Å². The van der Waals surface area contributed by atoms with E-state index in [4.69, 9.17) is 5.73 Å². The predicted molar refractivity (Wildman–Crippen MR) is 232 cm³/mol. The van der Waals surface area contributed by atoms with Gasteiger partial charge in [0, 0.05) is 25.8 Å². The summed E-state index contributed by atoms with van der Waals surface area (Å²) in [6.45, 7) is 2.30. The van der Waals surface area contributed by atoms with Gasteiger partial charge >= 0.3 is 11.9 Å². The third-order valence-corrected chi connectivity index (χ3v) is 10.8. The van der Waals surface area contributed by atoms with Crippen molar-refractivity contribution in [2.75, 3.05) is 6.54 Å². The molecule has 0 bridgehead atoms. The molecule has 1 aliphatic rings. The number of carboxylic acids is 2. The zero-order valence-corrected chi connectivity index (χ0v) is 36.0. The number of aliphatic hydroxyl groups excluding tert-OH is 2. The molecular weight excluding hydrogens is 847 g/mol. The second-order valence-electron chi connectivity index (χ2n) is 16.0. The van der Waals surface area contributed by atoms with Crippen molar-refractivity contribution < 1.29 is 63.9 Å². The summed E-state index contributed by atoms with van der Waals surface area (Å²) >= 11 is 0. The van der Waals surface area contributed by atoms with Crippen LogP contribution in [-0.2, 0) is 57.6 Å². The number of carbonyl (C=O) groups excluding carboxylic acids is 6. The van der Waals surface area contributed by atoms with Crippen LogP contribution in [0.3, 0.4) is 0 Å². The van der Waals surface area contributed by atoms with Gasteiger partial charge in [0.15, 0.2) is 6.04 Å². The van der Waals surface area contributed by atoms with Crippen molar-refractivity contribution >= 4 is 47.4 Å². The average Bonchev–Trinajstić information content (AvgIpc) is 3.76. The summed E-state index contributed by atoms with van der Waals surface area (Å²) in [6, 6.07) is 13.3. The van der Waals surface area contributed by atoms with Gasteiger partial charge in [-0.05, 0) is 68.4 Å². The summed E-state index contributed by atoms with van der Waals surface area (Å²) < 4.78 is 0. The van der Waals surface area contributed by atoms with Crippen LogP contribution >= 0.6 is 0 Å². The average molecular weight is 904 g/mol. The van der Waals surface area contributed by atoms with Crippen molar-refractivity contribution in [1.29, 1.82) is 0 Å². The monoisotopic (exact) mass is 903 g/mol. The summed E-state index contributed by atoms with van der Waals surface area (Å²) in [5.41, 5.74) is 8.15. The highest BCUT2D eigenvalue weighted by molar-refractivity contribution is 5.97. The molecule has 0 unspecified atom stereocenters. The van der Waals surface area contributed by atoms with Crippen LogP contribution < -0.4 is 32.3 Å². The first kappa shape index (κ1) is 50.7. The number of hydrogen-bond acceptors (Lipinski definition) is 12. The van der Waals surface area contributed by atoms with Gasteiger partial charge in [0.25, 0.3) is 0 Å². The third-order valence-electron chi connectivity index (χ3n) is 10.8. The molecule has 20 nitrogen and oxygen atoms in total. The van der Waals surface area contributed by atoms with E-state index in [2.05, 4.69) is 26.6 Å². The Labute approximate surface area is 375 Å². The van der Waals surface area contributed by atoms with Gasteiger partial charge in [-0.3, -0.25) is 33.6 Å². The van der Waals surface area contributed by atoms with E-state index >= 15 is 0 Å². The quantitative estimate of drug-likeness (QED) is 0.0537. The zero-order chi connectivity index (χ0) is 47.8. The Bertz CT molecular complexity index is 2120. The molecular formula is C45H57N7O13. The first-order chi connectivity index (χ1) is 30.8. The maximum absolute atomic E-state index is 14.2. The Morgan fingerprint density at radius 1 is 0.631 bits per heavy atom. The fourth-order valence-electron chi connectivity index (χ4n) is 7.24. The number of rotatable bonds is 23. The van der Waals surface area contributed by atoms with Gasteiger partial charge in [-0.15, -0.1) is 0 Å². The summed E-state index contributed by atoms with van der Waals surface area (Å²) in [7, 11) is 0. The third kappa shape index (κ3) is 15.4. The Kier molecular flexibility index (Phi) is 18.9. The first-order valence-corrected chi connectivity index (χ1v) is 21.1. The SMILES string of the molecule is C[C@@H](O)[C@H](NC(=O)[C@@H]1CCCN1C(=O)[C@H](CCC(=O)O)NC(=O)[C@@H](NC(=O)[C@H](Cc1ccc(O)cc1)NC(=O)[C@H](Cc1ccccc1)NC(=O)[C@@H](N)Cc1ccccc1)[C@@H](C)O)C(=O)O. The Morgan fingerprint density at radius 3 is 1.65 bits per heavy atom. The van der Waals surface area contributed by atoms with Gasteiger partial charge in [0.2, 0.25) is 35.4 Å². The smallest absolute Gasteiger partial charge is 0.328 e. The number of nitrogens with one attached hydrogen (secondary N) is 5. The topological polar surface area (TPSA) is 327 Å². The number of likely N-dealkylation sites (tertiary alicyclic amines) is 1. The Balaban J connectivity index is 1.58. The number of aromatic hydroxyl groups is 1. The number of nitrogens with zero attached hydrogens (tertiary/aromatic N) is 1. The van der Waals surface area contributed by atoms with Crippen LogP contribution in [0.25, 0.3) is 0 Å². The lowest BCUT2D eigenvalue weighted by atomic mass is 10.0. The molecule has 1 fully saturated rings. The summed E-state index contributed by atoms with van der Waals surface area (Å²) in [5.74, 6) is -8.31. The Morgan fingerprint density at radius 2 is 1.12 bits per heavy atom. The van der Waals surface area contributed by atoms with Crippen LogP contribution in [0.15, 0.2) is 84.9 Å². The molecule has 1 saturated heterocycles. The van der Waals surface area contributed by atoms with Crippen molar-refractivity contribution in [1.82, 2.24) is 31.5 Å². The fraction of sp³-hybridized carbons (Fsp3) is 0.422. The van der Waals surface area contributed by atoms with E-state index in [0.717, 1.165) is 24.3 Å². The lowest BCUT2D eigenvalue weighted by Crippen LogP contribution is -2.62. The van der Waals surface area contributed by atoms with Gasteiger partial charge < -0.3 is 62.8 Å². The standard InChI is InChI=1S/C45H57N7O13/c1-25(53)37(43(62)47-32(19-20-36(56)57)44(63)52-21-9-14-35(52)42(61)51-38(26(2)54)45(64)65)50-41(60)34(24-29-15-17-30(55)18-16-29)49-40(59)33(23-28-12-7-4-8-13-28)48-39(58)31(46)22-27-10-5-3-6-11-27/h3-8,10-13,15-18,25-26,31-35,37-38,53-55H,9,14,19-24,46H2,1-2H3,(H,47,62)(H,48,58)(H,49,59)(H,50,60)(H,51,61)(H,56,57)(H,64,65)/t25-,26-,31+,32+,33+,34+,35+,37+,38+/m1/s1.